The van der Waals surface area contributed by atoms with Gasteiger partial charge >= 0.3 is 0 Å². The highest BCUT2D eigenvalue weighted by atomic mass is 35.5. The summed E-state index contributed by atoms with van der Waals surface area (Å²) in [4.78, 5) is 27.7. The summed E-state index contributed by atoms with van der Waals surface area (Å²) in [6.45, 7) is 3.68. The number of Topliss-reactive ketones (excluding diaryl/α,β-unsaturated/α-hetero) is 1. The zero-order valence-corrected chi connectivity index (χ0v) is 19.1. The summed E-state index contributed by atoms with van der Waals surface area (Å²) in [5, 5.41) is 22.1. The number of methoxy groups -OCH3 is 1. The number of phenols is 1. The Labute approximate surface area is 196 Å². The molecule has 4 rings (SSSR count). The van der Waals surface area contributed by atoms with Gasteiger partial charge < -0.3 is 14.9 Å². The summed E-state index contributed by atoms with van der Waals surface area (Å²) in [5.74, 6) is -2.10. The SMILES string of the molecule is COc1c(Cl)cc(C)cc1/C(O)=C1\C(=O)C(=O)N(c2ccccc2O)C1c1cccc(C)c1. The molecule has 1 aliphatic heterocycles. The number of ether oxygens (including phenoxy) is 1. The van der Waals surface area contributed by atoms with Crippen LogP contribution in [-0.2, 0) is 9.59 Å². The largest absolute Gasteiger partial charge is 0.507 e. The Morgan fingerprint density at radius 3 is 2.39 bits per heavy atom. The molecule has 0 spiro atoms. The summed E-state index contributed by atoms with van der Waals surface area (Å²) in [6, 6.07) is 15.9. The molecule has 0 bridgehead atoms. The Morgan fingerprint density at radius 2 is 1.73 bits per heavy atom. The second-order valence-electron chi connectivity index (χ2n) is 7.90. The number of nitrogens with zero attached hydrogens (tertiary/aromatic N) is 1. The van der Waals surface area contributed by atoms with Crippen molar-refractivity contribution >= 4 is 34.7 Å². The third-order valence-electron chi connectivity index (χ3n) is 5.59. The number of para-hydroxylation sites is 2. The molecule has 7 heteroatoms. The van der Waals surface area contributed by atoms with Crippen LogP contribution in [0, 0.1) is 13.8 Å². The molecular weight excluding hydrogens is 442 g/mol. The van der Waals surface area contributed by atoms with Crippen LogP contribution in [-0.4, -0.2) is 29.0 Å². The van der Waals surface area contributed by atoms with E-state index in [1.54, 1.807) is 49.4 Å². The average molecular weight is 464 g/mol. The molecule has 33 heavy (non-hydrogen) atoms. The zero-order valence-electron chi connectivity index (χ0n) is 18.3. The van der Waals surface area contributed by atoms with Crippen molar-refractivity contribution in [2.45, 2.75) is 19.9 Å². The Morgan fingerprint density at radius 1 is 1.00 bits per heavy atom. The van der Waals surface area contributed by atoms with Crippen molar-refractivity contribution in [3.8, 4) is 11.5 Å². The van der Waals surface area contributed by atoms with Crippen molar-refractivity contribution in [3.63, 3.8) is 0 Å². The van der Waals surface area contributed by atoms with E-state index < -0.39 is 23.5 Å². The quantitative estimate of drug-likeness (QED) is 0.311. The minimum atomic E-state index is -0.970. The number of benzene rings is 3. The highest BCUT2D eigenvalue weighted by Crippen LogP contribution is 2.46. The number of aliphatic hydroxyl groups excluding tert-OH is 1. The molecular formula is C26H22ClNO5. The van der Waals surface area contributed by atoms with Gasteiger partial charge in [-0.2, -0.15) is 0 Å². The van der Waals surface area contributed by atoms with Gasteiger partial charge in [0.1, 0.15) is 17.3 Å². The molecule has 3 aromatic rings. The molecule has 168 valence electrons. The first-order valence-corrected chi connectivity index (χ1v) is 10.6. The Hall–Kier alpha value is -3.77. The van der Waals surface area contributed by atoms with Crippen molar-refractivity contribution < 1.29 is 24.5 Å². The number of aromatic hydroxyl groups is 1. The van der Waals surface area contributed by atoms with Gasteiger partial charge in [-0.25, -0.2) is 0 Å². The van der Waals surface area contributed by atoms with E-state index in [0.29, 0.717) is 5.56 Å². The first-order chi connectivity index (χ1) is 15.7. The lowest BCUT2D eigenvalue weighted by Crippen LogP contribution is -2.29. The van der Waals surface area contributed by atoms with Gasteiger partial charge in [-0.1, -0.05) is 53.6 Å². The molecule has 0 radical (unpaired) electrons. The van der Waals surface area contributed by atoms with Gasteiger partial charge in [0.15, 0.2) is 0 Å². The number of carbonyl (C=O) groups excluding carboxylic acids is 2. The monoisotopic (exact) mass is 463 g/mol. The molecule has 0 aliphatic carbocycles. The summed E-state index contributed by atoms with van der Waals surface area (Å²) >= 11 is 6.32. The van der Waals surface area contributed by atoms with Crippen molar-refractivity contribution in [2.75, 3.05) is 12.0 Å². The van der Waals surface area contributed by atoms with E-state index in [0.717, 1.165) is 11.1 Å². The van der Waals surface area contributed by atoms with Gasteiger partial charge in [-0.15, -0.1) is 0 Å². The molecule has 1 heterocycles. The molecule has 1 amide bonds. The molecule has 6 nitrogen and oxygen atoms in total. The van der Waals surface area contributed by atoms with Crippen LogP contribution in [0.25, 0.3) is 5.76 Å². The van der Waals surface area contributed by atoms with Crippen LogP contribution in [0.5, 0.6) is 11.5 Å². The number of ketones is 1. The normalized spacial score (nSPS) is 17.5. The third kappa shape index (κ3) is 3.83. The Balaban J connectivity index is 2.04. The minimum Gasteiger partial charge on any atom is -0.507 e. The molecule has 0 saturated carbocycles. The van der Waals surface area contributed by atoms with Crippen LogP contribution in [0.3, 0.4) is 0 Å². The molecule has 1 saturated heterocycles. The third-order valence-corrected chi connectivity index (χ3v) is 5.87. The van der Waals surface area contributed by atoms with Crippen molar-refractivity contribution in [3.05, 3.63) is 93.5 Å². The Kier molecular flexibility index (Phi) is 5.87. The number of halogens is 1. The zero-order chi connectivity index (χ0) is 23.9. The summed E-state index contributed by atoms with van der Waals surface area (Å²) < 4.78 is 5.39. The maximum Gasteiger partial charge on any atom is 0.300 e. The average Bonchev–Trinajstić information content (AvgIpc) is 3.04. The highest BCUT2D eigenvalue weighted by molar-refractivity contribution is 6.52. The van der Waals surface area contributed by atoms with E-state index >= 15 is 0 Å². The van der Waals surface area contributed by atoms with Crippen LogP contribution in [0.15, 0.2) is 66.2 Å². The van der Waals surface area contributed by atoms with Crippen molar-refractivity contribution in [1.82, 2.24) is 0 Å². The maximum absolute atomic E-state index is 13.3. The smallest absolute Gasteiger partial charge is 0.300 e. The summed E-state index contributed by atoms with van der Waals surface area (Å²) in [5.41, 5.74) is 2.51. The molecule has 0 aromatic heterocycles. The molecule has 1 atom stereocenters. The van der Waals surface area contributed by atoms with Gasteiger partial charge in [-0.05, 0) is 49.2 Å². The van der Waals surface area contributed by atoms with E-state index in [1.807, 2.05) is 19.1 Å². The van der Waals surface area contributed by atoms with Gasteiger partial charge in [-0.3, -0.25) is 14.5 Å². The van der Waals surface area contributed by atoms with Crippen molar-refractivity contribution in [1.29, 1.82) is 0 Å². The molecule has 1 aliphatic rings. The van der Waals surface area contributed by atoms with E-state index in [9.17, 15) is 19.8 Å². The number of anilines is 1. The Bertz CT molecular complexity index is 1310. The second-order valence-corrected chi connectivity index (χ2v) is 8.31. The number of aryl methyl sites for hydroxylation is 2. The molecule has 3 aromatic carbocycles. The van der Waals surface area contributed by atoms with Gasteiger partial charge in [0, 0.05) is 0 Å². The number of amides is 1. The highest BCUT2D eigenvalue weighted by Gasteiger charge is 2.48. The van der Waals surface area contributed by atoms with Gasteiger partial charge in [0.05, 0.1) is 35.0 Å². The number of hydrogen-bond acceptors (Lipinski definition) is 5. The van der Waals surface area contributed by atoms with E-state index in [2.05, 4.69) is 0 Å². The lowest BCUT2D eigenvalue weighted by atomic mass is 9.93. The van der Waals surface area contributed by atoms with Crippen LogP contribution >= 0.6 is 11.6 Å². The fourth-order valence-corrected chi connectivity index (χ4v) is 4.51. The number of aliphatic hydroxyl groups is 1. The minimum absolute atomic E-state index is 0.117. The van der Waals surface area contributed by atoms with Crippen LogP contribution < -0.4 is 9.64 Å². The topological polar surface area (TPSA) is 87.1 Å². The fourth-order valence-electron chi connectivity index (χ4n) is 4.16. The fraction of sp³-hybridized carbons (Fsp3) is 0.154. The number of hydrogen-bond donors (Lipinski definition) is 2. The van der Waals surface area contributed by atoms with Gasteiger partial charge in [0.25, 0.3) is 11.7 Å². The first-order valence-electron chi connectivity index (χ1n) is 10.2. The van der Waals surface area contributed by atoms with E-state index in [-0.39, 0.29) is 33.3 Å². The summed E-state index contributed by atoms with van der Waals surface area (Å²) in [6.07, 6.45) is 0. The number of carbonyl (C=O) groups is 2. The lowest BCUT2D eigenvalue weighted by Gasteiger charge is -2.26. The standard InChI is InChI=1S/C26H22ClNO5/c1-14-7-6-8-16(11-14)22-21(23(30)17-12-15(2)13-18(27)25(17)33-3)24(31)26(32)28(22)19-9-4-5-10-20(19)29/h4-13,22,29-30H,1-3H3/b23-21+. The molecule has 1 unspecified atom stereocenters. The van der Waals surface area contributed by atoms with Crippen LogP contribution in [0.2, 0.25) is 5.02 Å². The molecule has 1 fully saturated rings. The first kappa shape index (κ1) is 22.4. The van der Waals surface area contributed by atoms with Gasteiger partial charge in [0.2, 0.25) is 0 Å². The van der Waals surface area contributed by atoms with E-state index in [4.69, 9.17) is 16.3 Å². The van der Waals surface area contributed by atoms with E-state index in [1.165, 1.54) is 18.1 Å². The van der Waals surface area contributed by atoms with Crippen LogP contribution in [0.1, 0.15) is 28.3 Å². The van der Waals surface area contributed by atoms with Crippen LogP contribution in [0.4, 0.5) is 5.69 Å². The van der Waals surface area contributed by atoms with Crippen molar-refractivity contribution in [2.24, 2.45) is 0 Å². The predicted octanol–water partition coefficient (Wildman–Crippen LogP) is 5.30. The summed E-state index contributed by atoms with van der Waals surface area (Å²) in [7, 11) is 1.41. The second kappa shape index (κ2) is 8.64. The predicted molar refractivity (Wildman–Crippen MR) is 127 cm³/mol. The number of rotatable bonds is 4. The number of phenolic OH excluding ortho intramolecular Hbond substituents is 1. The lowest BCUT2D eigenvalue weighted by molar-refractivity contribution is -0.132. The maximum atomic E-state index is 13.3. The molecule has 2 N–H and O–H groups in total.